The molecule has 0 unspecified atom stereocenters. The molecule has 0 aromatic carbocycles. The van der Waals surface area contributed by atoms with Gasteiger partial charge in [-0.3, -0.25) is 0 Å². The van der Waals surface area contributed by atoms with E-state index in [4.69, 9.17) is 5.84 Å². The molecule has 5 heteroatoms. The van der Waals surface area contributed by atoms with Gasteiger partial charge in [0.05, 0.1) is 0 Å². The first-order valence-electron chi connectivity index (χ1n) is 5.93. The van der Waals surface area contributed by atoms with Crippen LogP contribution in [0.2, 0.25) is 0 Å². The summed E-state index contributed by atoms with van der Waals surface area (Å²) in [6, 6.07) is 5.91. The van der Waals surface area contributed by atoms with E-state index in [1.165, 1.54) is 6.42 Å². The maximum Gasteiger partial charge on any atom is 0.142 e. The molecule has 0 aliphatic carbocycles. The third kappa shape index (κ3) is 3.26. The topological polar surface area (TPSA) is 54.2 Å². The number of nitrogens with zero attached hydrogens (tertiary/aromatic N) is 2. The molecule has 0 bridgehead atoms. The predicted molar refractivity (Wildman–Crippen MR) is 75.4 cm³/mol. The molecular weight excluding hydrogens is 232 g/mol. The predicted octanol–water partition coefficient (Wildman–Crippen LogP) is 2.09. The highest BCUT2D eigenvalue weighted by Crippen LogP contribution is 2.31. The summed E-state index contributed by atoms with van der Waals surface area (Å²) in [5.74, 6) is 8.27. The minimum Gasteiger partial charge on any atom is -0.356 e. The van der Waals surface area contributed by atoms with Gasteiger partial charge in [-0.1, -0.05) is 19.9 Å². The van der Waals surface area contributed by atoms with Gasteiger partial charge < -0.3 is 10.3 Å². The number of anilines is 2. The quantitative estimate of drug-likeness (QED) is 0.623. The van der Waals surface area contributed by atoms with E-state index in [1.54, 1.807) is 0 Å². The molecule has 1 aliphatic rings. The molecule has 1 saturated heterocycles. The highest BCUT2D eigenvalue weighted by molar-refractivity contribution is 8.00. The Morgan fingerprint density at radius 1 is 1.41 bits per heavy atom. The normalized spacial score (nSPS) is 19.8. The van der Waals surface area contributed by atoms with Gasteiger partial charge >= 0.3 is 0 Å². The average molecular weight is 252 g/mol. The second-order valence-electron chi connectivity index (χ2n) is 4.87. The Bertz CT molecular complexity index is 381. The molecule has 1 aliphatic heterocycles. The molecule has 1 fully saturated rings. The molecule has 17 heavy (non-hydrogen) atoms. The summed E-state index contributed by atoms with van der Waals surface area (Å²) < 4.78 is 0.373. The van der Waals surface area contributed by atoms with Crippen LogP contribution in [0.15, 0.2) is 18.2 Å². The monoisotopic (exact) mass is 252 g/mol. The molecule has 0 spiro atoms. The summed E-state index contributed by atoms with van der Waals surface area (Å²) in [4.78, 5) is 6.82. The largest absolute Gasteiger partial charge is 0.356 e. The molecule has 4 nitrogen and oxygen atoms in total. The number of nitrogens with two attached hydrogens (primary N) is 1. The zero-order valence-electron chi connectivity index (χ0n) is 10.4. The first-order valence-corrected chi connectivity index (χ1v) is 6.92. The molecule has 2 rings (SSSR count). The van der Waals surface area contributed by atoms with E-state index in [0.717, 1.165) is 30.5 Å². The maximum absolute atomic E-state index is 5.39. The molecule has 1 aromatic heterocycles. The highest BCUT2D eigenvalue weighted by Gasteiger charge is 2.24. The Hall–Kier alpha value is -0.940. The van der Waals surface area contributed by atoms with Crippen LogP contribution in [0.4, 0.5) is 11.6 Å². The fourth-order valence-corrected chi connectivity index (χ4v) is 3.03. The summed E-state index contributed by atoms with van der Waals surface area (Å²) in [5, 5.41) is 0. The molecule has 0 amide bonds. The Morgan fingerprint density at radius 3 is 3.00 bits per heavy atom. The first kappa shape index (κ1) is 12.5. The number of pyridine rings is 1. The first-order chi connectivity index (χ1) is 8.11. The number of hydrogen-bond donors (Lipinski definition) is 2. The molecule has 0 saturated carbocycles. The molecule has 0 atom stereocenters. The van der Waals surface area contributed by atoms with Crippen molar-refractivity contribution in [3.8, 4) is 0 Å². The van der Waals surface area contributed by atoms with Gasteiger partial charge in [-0.05, 0) is 18.6 Å². The number of rotatable bonds is 2. The number of thioether (sulfide) groups is 1. The molecule has 1 aromatic rings. The van der Waals surface area contributed by atoms with E-state index < -0.39 is 0 Å². The lowest BCUT2D eigenvalue weighted by atomic mass is 10.1. The second-order valence-corrected chi connectivity index (χ2v) is 6.67. The van der Waals surface area contributed by atoms with Crippen LogP contribution >= 0.6 is 11.8 Å². The zero-order chi connectivity index (χ0) is 12.3. The molecule has 94 valence electrons. The van der Waals surface area contributed by atoms with Gasteiger partial charge in [0.25, 0.3) is 0 Å². The van der Waals surface area contributed by atoms with Crippen LogP contribution in [0.25, 0.3) is 0 Å². The molecule has 2 heterocycles. The maximum atomic E-state index is 5.39. The number of hydrazine groups is 1. The van der Waals surface area contributed by atoms with Crippen LogP contribution in [0.3, 0.4) is 0 Å². The Balaban J connectivity index is 2.11. The average Bonchev–Trinajstić information content (AvgIpc) is 2.50. The van der Waals surface area contributed by atoms with Gasteiger partial charge in [0, 0.05) is 23.6 Å². The lowest BCUT2D eigenvalue weighted by Crippen LogP contribution is -2.28. The molecular formula is C12H20N4S. The Morgan fingerprint density at radius 2 is 2.24 bits per heavy atom. The lowest BCUT2D eigenvalue weighted by molar-refractivity contribution is 0.635. The van der Waals surface area contributed by atoms with E-state index in [2.05, 4.69) is 29.2 Å². The van der Waals surface area contributed by atoms with Gasteiger partial charge in [0.1, 0.15) is 11.6 Å². The minimum absolute atomic E-state index is 0.373. The smallest absolute Gasteiger partial charge is 0.142 e. The van der Waals surface area contributed by atoms with Crippen molar-refractivity contribution < 1.29 is 0 Å². The van der Waals surface area contributed by atoms with Crippen LogP contribution in [-0.2, 0) is 0 Å². The van der Waals surface area contributed by atoms with Gasteiger partial charge in [-0.15, -0.1) is 0 Å². The summed E-state index contributed by atoms with van der Waals surface area (Å²) >= 11 is 2.04. The number of hydrogen-bond acceptors (Lipinski definition) is 5. The summed E-state index contributed by atoms with van der Waals surface area (Å²) in [7, 11) is 0. The van der Waals surface area contributed by atoms with Crippen LogP contribution in [0, 0.1) is 0 Å². The highest BCUT2D eigenvalue weighted by atomic mass is 32.2. The van der Waals surface area contributed by atoms with Crippen molar-refractivity contribution in [1.82, 2.24) is 4.98 Å². The van der Waals surface area contributed by atoms with Crippen molar-refractivity contribution in [2.75, 3.05) is 29.2 Å². The van der Waals surface area contributed by atoms with Crippen LogP contribution in [0.5, 0.6) is 0 Å². The van der Waals surface area contributed by atoms with E-state index in [-0.39, 0.29) is 0 Å². The van der Waals surface area contributed by atoms with Gasteiger partial charge in [-0.2, -0.15) is 11.8 Å². The van der Waals surface area contributed by atoms with E-state index in [0.29, 0.717) is 4.75 Å². The zero-order valence-corrected chi connectivity index (χ0v) is 11.3. The number of nitrogen functional groups attached to an aromatic ring is 1. The molecule has 0 radical (unpaired) electrons. The van der Waals surface area contributed by atoms with Crippen LogP contribution in [-0.4, -0.2) is 28.6 Å². The third-order valence-corrected chi connectivity index (χ3v) is 4.42. The standard InChI is InChI=1S/C12H20N4S/c1-12(2)6-7-16(8-9-17-12)11-5-3-4-10(14-11)15-13/h3-5H,6-9,13H2,1-2H3,(H,14,15). The van der Waals surface area contributed by atoms with E-state index >= 15 is 0 Å². The second kappa shape index (κ2) is 5.14. The van der Waals surface area contributed by atoms with E-state index in [1.807, 2.05) is 30.0 Å². The van der Waals surface area contributed by atoms with Crippen molar-refractivity contribution in [2.24, 2.45) is 5.84 Å². The number of nitrogens with one attached hydrogen (secondary N) is 1. The van der Waals surface area contributed by atoms with E-state index in [9.17, 15) is 0 Å². The summed E-state index contributed by atoms with van der Waals surface area (Å²) in [6.45, 7) is 6.73. The van der Waals surface area contributed by atoms with Crippen molar-refractivity contribution in [1.29, 1.82) is 0 Å². The number of aromatic nitrogens is 1. The van der Waals surface area contributed by atoms with Gasteiger partial charge in [-0.25, -0.2) is 10.8 Å². The lowest BCUT2D eigenvalue weighted by Gasteiger charge is -2.23. The van der Waals surface area contributed by atoms with Crippen molar-refractivity contribution in [3.05, 3.63) is 18.2 Å². The van der Waals surface area contributed by atoms with Crippen molar-refractivity contribution >= 4 is 23.4 Å². The fraction of sp³-hybridized carbons (Fsp3) is 0.583. The Labute approximate surface area is 107 Å². The third-order valence-electron chi connectivity index (χ3n) is 3.04. The Kier molecular flexibility index (Phi) is 3.79. The molecule has 3 N–H and O–H groups in total. The van der Waals surface area contributed by atoms with Crippen LogP contribution in [0.1, 0.15) is 20.3 Å². The minimum atomic E-state index is 0.373. The summed E-state index contributed by atoms with van der Waals surface area (Å²) in [6.07, 6.45) is 1.18. The van der Waals surface area contributed by atoms with Gasteiger partial charge in [0.15, 0.2) is 0 Å². The fourth-order valence-electron chi connectivity index (χ4n) is 1.93. The van der Waals surface area contributed by atoms with Crippen molar-refractivity contribution in [3.63, 3.8) is 0 Å². The SMILES string of the molecule is CC1(C)CCN(c2cccc(NN)n2)CCS1. The van der Waals surface area contributed by atoms with Crippen molar-refractivity contribution in [2.45, 2.75) is 25.0 Å². The summed E-state index contributed by atoms with van der Waals surface area (Å²) in [5.41, 5.74) is 2.60. The van der Waals surface area contributed by atoms with Crippen LogP contribution < -0.4 is 16.2 Å². The van der Waals surface area contributed by atoms with Gasteiger partial charge in [0.2, 0.25) is 0 Å².